The third kappa shape index (κ3) is 18.8. The summed E-state index contributed by atoms with van der Waals surface area (Å²) in [6.07, 6.45) is 17.6. The van der Waals surface area contributed by atoms with Crippen LogP contribution < -0.4 is 0 Å². The van der Waals surface area contributed by atoms with Gasteiger partial charge in [0.2, 0.25) is 0 Å². The van der Waals surface area contributed by atoms with E-state index in [2.05, 4.69) is 27.7 Å². The predicted molar refractivity (Wildman–Crippen MR) is 123 cm³/mol. The van der Waals surface area contributed by atoms with Crippen molar-refractivity contribution in [2.45, 2.75) is 124 Å². The SMILES string of the molecule is CCCCCCCOC(CCC)=C(OCCCCCCC)OCOCCCCC. The van der Waals surface area contributed by atoms with Gasteiger partial charge < -0.3 is 18.9 Å². The standard InChI is InChI=1S/C25H50O4/c1-5-9-12-14-17-21-27-24(19-8-4)25(28-22-18-15-13-10-6-2)29-23-26-20-16-11-7-3/h5-23H2,1-4H3. The van der Waals surface area contributed by atoms with Crippen molar-refractivity contribution < 1.29 is 18.9 Å². The highest BCUT2D eigenvalue weighted by molar-refractivity contribution is 4.95. The lowest BCUT2D eigenvalue weighted by Gasteiger charge is -2.17. The molecule has 0 aromatic heterocycles. The summed E-state index contributed by atoms with van der Waals surface area (Å²) < 4.78 is 23.6. The number of rotatable bonds is 23. The second kappa shape index (κ2) is 23.4. The summed E-state index contributed by atoms with van der Waals surface area (Å²) in [5.41, 5.74) is 0. The summed E-state index contributed by atoms with van der Waals surface area (Å²) in [5.74, 6) is 1.40. The molecule has 0 spiro atoms. The summed E-state index contributed by atoms with van der Waals surface area (Å²) in [6.45, 7) is 11.2. The van der Waals surface area contributed by atoms with Crippen LogP contribution in [0.3, 0.4) is 0 Å². The molecule has 0 saturated heterocycles. The van der Waals surface area contributed by atoms with Gasteiger partial charge >= 0.3 is 5.95 Å². The Balaban J connectivity index is 4.52. The first-order chi connectivity index (χ1) is 14.3. The Morgan fingerprint density at radius 3 is 1.59 bits per heavy atom. The van der Waals surface area contributed by atoms with Gasteiger partial charge in [0.1, 0.15) is 0 Å². The van der Waals surface area contributed by atoms with Gasteiger partial charge in [-0.15, -0.1) is 0 Å². The van der Waals surface area contributed by atoms with E-state index >= 15 is 0 Å². The number of hydrogen-bond acceptors (Lipinski definition) is 4. The third-order valence-corrected chi connectivity index (χ3v) is 4.88. The maximum atomic E-state index is 6.09. The van der Waals surface area contributed by atoms with E-state index in [1.165, 1.54) is 64.2 Å². The molecule has 0 aromatic carbocycles. The average molecular weight is 415 g/mol. The van der Waals surface area contributed by atoms with Crippen molar-refractivity contribution in [3.05, 3.63) is 11.7 Å². The van der Waals surface area contributed by atoms with Gasteiger partial charge in [-0.3, -0.25) is 0 Å². The van der Waals surface area contributed by atoms with E-state index in [-0.39, 0.29) is 6.79 Å². The fourth-order valence-electron chi connectivity index (χ4n) is 3.04. The topological polar surface area (TPSA) is 36.9 Å². The summed E-state index contributed by atoms with van der Waals surface area (Å²) in [5, 5.41) is 0. The van der Waals surface area contributed by atoms with Crippen LogP contribution in [-0.4, -0.2) is 26.6 Å². The van der Waals surface area contributed by atoms with Crippen LogP contribution >= 0.6 is 0 Å². The zero-order valence-corrected chi connectivity index (χ0v) is 20.1. The molecule has 174 valence electrons. The molecule has 0 heterocycles. The molecule has 0 bridgehead atoms. The van der Waals surface area contributed by atoms with Crippen LogP contribution in [0.1, 0.15) is 124 Å². The Kier molecular flexibility index (Phi) is 22.7. The van der Waals surface area contributed by atoms with Gasteiger partial charge in [0.15, 0.2) is 12.6 Å². The van der Waals surface area contributed by atoms with Crippen molar-refractivity contribution in [2.75, 3.05) is 26.6 Å². The van der Waals surface area contributed by atoms with Crippen molar-refractivity contribution in [1.82, 2.24) is 0 Å². The molecule has 0 amide bonds. The van der Waals surface area contributed by atoms with Gasteiger partial charge in [-0.25, -0.2) is 0 Å². The molecule has 29 heavy (non-hydrogen) atoms. The minimum absolute atomic E-state index is 0.238. The van der Waals surface area contributed by atoms with Gasteiger partial charge in [0, 0.05) is 6.42 Å². The lowest BCUT2D eigenvalue weighted by Crippen LogP contribution is -2.10. The van der Waals surface area contributed by atoms with Gasteiger partial charge in [-0.1, -0.05) is 91.9 Å². The van der Waals surface area contributed by atoms with Gasteiger partial charge in [0.25, 0.3) is 0 Å². The van der Waals surface area contributed by atoms with E-state index in [0.29, 0.717) is 12.6 Å². The van der Waals surface area contributed by atoms with E-state index < -0.39 is 0 Å². The molecule has 0 rings (SSSR count). The minimum Gasteiger partial charge on any atom is -0.491 e. The maximum Gasteiger partial charge on any atom is 0.321 e. The fourth-order valence-corrected chi connectivity index (χ4v) is 3.04. The zero-order chi connectivity index (χ0) is 21.4. The van der Waals surface area contributed by atoms with Crippen molar-refractivity contribution in [3.63, 3.8) is 0 Å². The Morgan fingerprint density at radius 2 is 1.00 bits per heavy atom. The predicted octanol–water partition coefficient (Wildman–Crippen LogP) is 8.11. The Hall–Kier alpha value is -0.900. The third-order valence-electron chi connectivity index (χ3n) is 4.88. The maximum absolute atomic E-state index is 6.09. The van der Waals surface area contributed by atoms with Crippen molar-refractivity contribution in [1.29, 1.82) is 0 Å². The first-order valence-corrected chi connectivity index (χ1v) is 12.5. The molecular weight excluding hydrogens is 364 g/mol. The van der Waals surface area contributed by atoms with E-state index in [0.717, 1.165) is 51.1 Å². The normalized spacial score (nSPS) is 12.0. The van der Waals surface area contributed by atoms with Gasteiger partial charge in [-0.05, 0) is 25.7 Å². The van der Waals surface area contributed by atoms with Crippen LogP contribution in [0.15, 0.2) is 11.7 Å². The number of unbranched alkanes of at least 4 members (excludes halogenated alkanes) is 10. The Labute approximate surface area is 181 Å². The molecule has 0 saturated carbocycles. The molecule has 0 fully saturated rings. The molecule has 0 atom stereocenters. The zero-order valence-electron chi connectivity index (χ0n) is 20.1. The summed E-state index contributed by atoms with van der Waals surface area (Å²) in [7, 11) is 0. The summed E-state index contributed by atoms with van der Waals surface area (Å²) >= 11 is 0. The molecule has 4 nitrogen and oxygen atoms in total. The van der Waals surface area contributed by atoms with Gasteiger partial charge in [-0.2, -0.15) is 0 Å². The molecule has 0 unspecified atom stereocenters. The van der Waals surface area contributed by atoms with Gasteiger partial charge in [0.05, 0.1) is 19.8 Å². The van der Waals surface area contributed by atoms with Crippen LogP contribution in [0, 0.1) is 0 Å². The molecule has 0 aliphatic rings. The molecule has 0 radical (unpaired) electrons. The number of hydrogen-bond donors (Lipinski definition) is 0. The molecule has 0 aliphatic heterocycles. The first kappa shape index (κ1) is 28.1. The molecule has 4 heteroatoms. The minimum atomic E-state index is 0.238. The Bertz CT molecular complexity index is 337. The highest BCUT2D eigenvalue weighted by atomic mass is 16.7. The highest BCUT2D eigenvalue weighted by Crippen LogP contribution is 2.18. The monoisotopic (exact) mass is 414 g/mol. The summed E-state index contributed by atoms with van der Waals surface area (Å²) in [6, 6.07) is 0. The van der Waals surface area contributed by atoms with Crippen molar-refractivity contribution in [2.24, 2.45) is 0 Å². The van der Waals surface area contributed by atoms with Crippen molar-refractivity contribution in [3.8, 4) is 0 Å². The molecule has 0 N–H and O–H groups in total. The molecular formula is C25H50O4. The largest absolute Gasteiger partial charge is 0.491 e. The second-order valence-corrected chi connectivity index (χ2v) is 7.86. The lowest BCUT2D eigenvalue weighted by molar-refractivity contribution is -0.0845. The average Bonchev–Trinajstić information content (AvgIpc) is 2.73. The van der Waals surface area contributed by atoms with E-state index in [9.17, 15) is 0 Å². The van der Waals surface area contributed by atoms with E-state index in [1.807, 2.05) is 0 Å². The molecule has 0 aromatic rings. The van der Waals surface area contributed by atoms with Crippen LogP contribution in [0.5, 0.6) is 0 Å². The lowest BCUT2D eigenvalue weighted by atomic mass is 10.2. The summed E-state index contributed by atoms with van der Waals surface area (Å²) in [4.78, 5) is 0. The van der Waals surface area contributed by atoms with E-state index in [1.54, 1.807) is 0 Å². The first-order valence-electron chi connectivity index (χ1n) is 12.5. The van der Waals surface area contributed by atoms with Crippen LogP contribution in [0.2, 0.25) is 0 Å². The second-order valence-electron chi connectivity index (χ2n) is 7.86. The fraction of sp³-hybridized carbons (Fsp3) is 0.920. The Morgan fingerprint density at radius 1 is 0.483 bits per heavy atom. The highest BCUT2D eigenvalue weighted by Gasteiger charge is 2.12. The van der Waals surface area contributed by atoms with Crippen molar-refractivity contribution >= 4 is 0 Å². The van der Waals surface area contributed by atoms with Crippen LogP contribution in [-0.2, 0) is 18.9 Å². The molecule has 0 aliphatic carbocycles. The number of ether oxygens (including phenoxy) is 4. The van der Waals surface area contributed by atoms with E-state index in [4.69, 9.17) is 18.9 Å². The quantitative estimate of drug-likeness (QED) is 0.0961. The van der Waals surface area contributed by atoms with Crippen LogP contribution in [0.25, 0.3) is 0 Å². The number of allylic oxidation sites excluding steroid dienone is 1. The smallest absolute Gasteiger partial charge is 0.321 e. The van der Waals surface area contributed by atoms with Crippen LogP contribution in [0.4, 0.5) is 0 Å².